The standard InChI is InChI=1S/C13H16N2O2/c1-4-11-6-12(15(3)14-11)7-13(16)10-5-9(2)17-8-10/h5-6,8H,4,7H2,1-3H3. The smallest absolute Gasteiger partial charge is 0.172 e. The molecule has 17 heavy (non-hydrogen) atoms. The highest BCUT2D eigenvalue weighted by atomic mass is 16.3. The predicted molar refractivity (Wildman–Crippen MR) is 64.1 cm³/mol. The lowest BCUT2D eigenvalue weighted by molar-refractivity contribution is 0.0990. The number of carbonyl (C=O) groups excluding carboxylic acids is 1. The van der Waals surface area contributed by atoms with E-state index in [1.54, 1.807) is 10.7 Å². The molecule has 0 fully saturated rings. The highest BCUT2D eigenvalue weighted by Gasteiger charge is 2.13. The molecule has 0 aliphatic heterocycles. The van der Waals surface area contributed by atoms with Crippen LogP contribution in [0.3, 0.4) is 0 Å². The van der Waals surface area contributed by atoms with Crippen LogP contribution in [0.5, 0.6) is 0 Å². The zero-order chi connectivity index (χ0) is 12.4. The molecule has 0 aliphatic carbocycles. The molecule has 2 heterocycles. The van der Waals surface area contributed by atoms with Crippen LogP contribution in [0.15, 0.2) is 22.8 Å². The molecule has 0 bridgehead atoms. The van der Waals surface area contributed by atoms with Crippen molar-refractivity contribution >= 4 is 5.78 Å². The first-order chi connectivity index (χ1) is 8.10. The number of hydrogen-bond acceptors (Lipinski definition) is 3. The maximum Gasteiger partial charge on any atom is 0.172 e. The summed E-state index contributed by atoms with van der Waals surface area (Å²) in [6.07, 6.45) is 2.75. The number of aromatic nitrogens is 2. The van der Waals surface area contributed by atoms with Crippen molar-refractivity contribution in [2.24, 2.45) is 7.05 Å². The molecular weight excluding hydrogens is 216 g/mol. The summed E-state index contributed by atoms with van der Waals surface area (Å²) in [4.78, 5) is 12.0. The van der Waals surface area contributed by atoms with Crippen molar-refractivity contribution < 1.29 is 9.21 Å². The van der Waals surface area contributed by atoms with E-state index in [1.807, 2.05) is 27.0 Å². The van der Waals surface area contributed by atoms with Crippen molar-refractivity contribution in [2.75, 3.05) is 0 Å². The van der Waals surface area contributed by atoms with Crippen LogP contribution >= 0.6 is 0 Å². The van der Waals surface area contributed by atoms with Gasteiger partial charge in [-0.15, -0.1) is 0 Å². The van der Waals surface area contributed by atoms with Gasteiger partial charge in [-0.05, 0) is 25.5 Å². The van der Waals surface area contributed by atoms with Crippen LogP contribution in [-0.2, 0) is 19.9 Å². The van der Waals surface area contributed by atoms with Gasteiger partial charge in [0, 0.05) is 12.7 Å². The lowest BCUT2D eigenvalue weighted by Gasteiger charge is -1.98. The molecule has 0 radical (unpaired) electrons. The van der Waals surface area contributed by atoms with E-state index >= 15 is 0 Å². The minimum Gasteiger partial charge on any atom is -0.469 e. The fourth-order valence-corrected chi connectivity index (χ4v) is 1.77. The van der Waals surface area contributed by atoms with Crippen molar-refractivity contribution in [3.63, 3.8) is 0 Å². The summed E-state index contributed by atoms with van der Waals surface area (Å²) in [5.74, 6) is 0.820. The summed E-state index contributed by atoms with van der Waals surface area (Å²) in [6, 6.07) is 3.74. The first-order valence-corrected chi connectivity index (χ1v) is 5.70. The number of carbonyl (C=O) groups is 1. The molecule has 0 saturated heterocycles. The van der Waals surface area contributed by atoms with Gasteiger partial charge in [-0.25, -0.2) is 0 Å². The number of nitrogens with zero attached hydrogens (tertiary/aromatic N) is 2. The van der Waals surface area contributed by atoms with Crippen LogP contribution in [0.4, 0.5) is 0 Å². The van der Waals surface area contributed by atoms with Gasteiger partial charge in [0.05, 0.1) is 17.7 Å². The third kappa shape index (κ3) is 2.46. The van der Waals surface area contributed by atoms with Gasteiger partial charge in [-0.2, -0.15) is 5.10 Å². The van der Waals surface area contributed by atoms with Crippen molar-refractivity contribution in [3.8, 4) is 0 Å². The number of aryl methyl sites for hydroxylation is 3. The Labute approximate surface area is 100 Å². The van der Waals surface area contributed by atoms with Gasteiger partial charge in [-0.1, -0.05) is 6.92 Å². The van der Waals surface area contributed by atoms with Crippen molar-refractivity contribution in [1.82, 2.24) is 9.78 Å². The van der Waals surface area contributed by atoms with E-state index in [0.717, 1.165) is 23.6 Å². The van der Waals surface area contributed by atoms with Crippen LogP contribution < -0.4 is 0 Å². The normalized spacial score (nSPS) is 10.8. The van der Waals surface area contributed by atoms with Gasteiger partial charge in [0.2, 0.25) is 0 Å². The van der Waals surface area contributed by atoms with Gasteiger partial charge in [-0.3, -0.25) is 9.48 Å². The Morgan fingerprint density at radius 1 is 1.47 bits per heavy atom. The average molecular weight is 232 g/mol. The molecular formula is C13H16N2O2. The molecule has 0 atom stereocenters. The Hall–Kier alpha value is -1.84. The highest BCUT2D eigenvalue weighted by molar-refractivity contribution is 5.97. The quantitative estimate of drug-likeness (QED) is 0.760. The van der Waals surface area contributed by atoms with E-state index in [9.17, 15) is 4.79 Å². The zero-order valence-electron chi connectivity index (χ0n) is 10.4. The maximum atomic E-state index is 12.0. The van der Waals surface area contributed by atoms with E-state index in [2.05, 4.69) is 5.10 Å². The molecule has 0 unspecified atom stereocenters. The van der Waals surface area contributed by atoms with Crippen LogP contribution in [0, 0.1) is 6.92 Å². The highest BCUT2D eigenvalue weighted by Crippen LogP contribution is 2.12. The Kier molecular flexibility index (Phi) is 3.13. The molecule has 90 valence electrons. The Balaban J connectivity index is 2.15. The van der Waals surface area contributed by atoms with Gasteiger partial charge in [0.25, 0.3) is 0 Å². The summed E-state index contributed by atoms with van der Waals surface area (Å²) in [5, 5.41) is 4.32. The molecule has 0 spiro atoms. The van der Waals surface area contributed by atoms with Crippen LogP contribution in [0.1, 0.15) is 34.4 Å². The molecule has 4 heteroatoms. The second kappa shape index (κ2) is 4.57. The van der Waals surface area contributed by atoms with E-state index in [0.29, 0.717) is 12.0 Å². The number of Topliss-reactive ketones (excluding diaryl/α,β-unsaturated/α-hetero) is 1. The SMILES string of the molecule is CCc1cc(CC(=O)c2coc(C)c2)n(C)n1. The van der Waals surface area contributed by atoms with Crippen LogP contribution in [-0.4, -0.2) is 15.6 Å². The van der Waals surface area contributed by atoms with E-state index in [-0.39, 0.29) is 5.78 Å². The van der Waals surface area contributed by atoms with E-state index in [4.69, 9.17) is 4.42 Å². The number of rotatable bonds is 4. The first-order valence-electron chi connectivity index (χ1n) is 5.70. The second-order valence-corrected chi connectivity index (χ2v) is 4.15. The predicted octanol–water partition coefficient (Wildman–Crippen LogP) is 2.31. The second-order valence-electron chi connectivity index (χ2n) is 4.15. The van der Waals surface area contributed by atoms with Crippen LogP contribution in [0.2, 0.25) is 0 Å². The fraction of sp³-hybridized carbons (Fsp3) is 0.385. The van der Waals surface area contributed by atoms with E-state index < -0.39 is 0 Å². The van der Waals surface area contributed by atoms with Gasteiger partial charge >= 0.3 is 0 Å². The Morgan fingerprint density at radius 2 is 2.24 bits per heavy atom. The van der Waals surface area contributed by atoms with Crippen LogP contribution in [0.25, 0.3) is 0 Å². The first kappa shape index (κ1) is 11.6. The third-order valence-electron chi connectivity index (χ3n) is 2.78. The zero-order valence-corrected chi connectivity index (χ0v) is 10.4. The van der Waals surface area contributed by atoms with Gasteiger partial charge in [0.15, 0.2) is 5.78 Å². The molecule has 0 N–H and O–H groups in total. The van der Waals surface area contributed by atoms with Crippen molar-refractivity contribution in [3.05, 3.63) is 41.1 Å². The fourth-order valence-electron chi connectivity index (χ4n) is 1.77. The van der Waals surface area contributed by atoms with Crippen molar-refractivity contribution in [2.45, 2.75) is 26.7 Å². The monoisotopic (exact) mass is 232 g/mol. The number of hydrogen-bond donors (Lipinski definition) is 0. The summed E-state index contributed by atoms with van der Waals surface area (Å²) in [7, 11) is 1.86. The molecule has 0 aromatic carbocycles. The van der Waals surface area contributed by atoms with Crippen molar-refractivity contribution in [1.29, 1.82) is 0 Å². The lowest BCUT2D eigenvalue weighted by atomic mass is 10.1. The molecule has 2 aromatic heterocycles. The third-order valence-corrected chi connectivity index (χ3v) is 2.78. The minimum atomic E-state index is 0.0625. The van der Waals surface area contributed by atoms with Gasteiger partial charge < -0.3 is 4.42 Å². The molecule has 0 saturated carbocycles. The number of ketones is 1. The molecule has 2 aromatic rings. The topological polar surface area (TPSA) is 48.0 Å². The average Bonchev–Trinajstić information content (AvgIpc) is 2.86. The summed E-state index contributed by atoms with van der Waals surface area (Å²) in [5.41, 5.74) is 2.58. The minimum absolute atomic E-state index is 0.0625. The van der Waals surface area contributed by atoms with Gasteiger partial charge in [0.1, 0.15) is 12.0 Å². The Morgan fingerprint density at radius 3 is 2.76 bits per heavy atom. The largest absolute Gasteiger partial charge is 0.469 e. The summed E-state index contributed by atoms with van der Waals surface area (Å²) < 4.78 is 6.90. The van der Waals surface area contributed by atoms with E-state index in [1.165, 1.54) is 6.26 Å². The summed E-state index contributed by atoms with van der Waals surface area (Å²) in [6.45, 7) is 3.88. The summed E-state index contributed by atoms with van der Waals surface area (Å²) >= 11 is 0. The molecule has 4 nitrogen and oxygen atoms in total. The lowest BCUT2D eigenvalue weighted by Crippen LogP contribution is -2.06. The molecule has 0 amide bonds. The Bertz CT molecular complexity index is 537. The number of furan rings is 1. The molecule has 0 aliphatic rings. The molecule has 2 rings (SSSR count). The maximum absolute atomic E-state index is 12.0.